The van der Waals surface area contributed by atoms with Crippen LogP contribution < -0.4 is 10.6 Å². The Balaban J connectivity index is 2.62. The SMILES string of the molecule is CC(C)(C)c1cnc2c(c1)=CCC=2. The molecule has 0 aliphatic heterocycles. The predicted molar refractivity (Wildman–Crippen MR) is 55.7 cm³/mol. The molecular formula is C12H15N. The van der Waals surface area contributed by atoms with Crippen molar-refractivity contribution in [3.8, 4) is 0 Å². The molecule has 1 aliphatic rings. The van der Waals surface area contributed by atoms with Gasteiger partial charge in [0.05, 0.1) is 5.35 Å². The Bertz CT molecular complexity index is 435. The van der Waals surface area contributed by atoms with Gasteiger partial charge in [-0.2, -0.15) is 0 Å². The normalized spacial score (nSPS) is 14.7. The Hall–Kier alpha value is -1.11. The highest BCUT2D eigenvalue weighted by Crippen LogP contribution is 2.18. The molecule has 1 aromatic heterocycles. The number of fused-ring (bicyclic) bond motifs is 1. The fraction of sp³-hybridized carbons (Fsp3) is 0.417. The van der Waals surface area contributed by atoms with Crippen molar-refractivity contribution >= 4 is 12.2 Å². The Morgan fingerprint density at radius 3 is 2.69 bits per heavy atom. The van der Waals surface area contributed by atoms with Crippen molar-refractivity contribution in [1.29, 1.82) is 0 Å². The van der Waals surface area contributed by atoms with E-state index in [0.717, 1.165) is 11.8 Å². The molecule has 0 fully saturated rings. The van der Waals surface area contributed by atoms with Gasteiger partial charge in [-0.15, -0.1) is 0 Å². The molecule has 0 saturated carbocycles. The smallest absolute Gasteiger partial charge is 0.0662 e. The quantitative estimate of drug-likeness (QED) is 0.577. The lowest BCUT2D eigenvalue weighted by atomic mass is 9.88. The van der Waals surface area contributed by atoms with Crippen LogP contribution in [0, 0.1) is 0 Å². The average Bonchev–Trinajstić information content (AvgIpc) is 2.47. The van der Waals surface area contributed by atoms with Crippen molar-refractivity contribution in [3.05, 3.63) is 28.4 Å². The minimum absolute atomic E-state index is 0.207. The Kier molecular flexibility index (Phi) is 1.76. The van der Waals surface area contributed by atoms with Gasteiger partial charge in [-0.25, -0.2) is 0 Å². The van der Waals surface area contributed by atoms with E-state index in [1.165, 1.54) is 10.8 Å². The minimum Gasteiger partial charge on any atom is -0.256 e. The molecular weight excluding hydrogens is 158 g/mol. The second-order valence-electron chi connectivity index (χ2n) is 4.59. The maximum atomic E-state index is 4.44. The van der Waals surface area contributed by atoms with Gasteiger partial charge in [0.25, 0.3) is 0 Å². The molecule has 0 saturated heterocycles. The first-order chi connectivity index (χ1) is 6.07. The number of pyridine rings is 1. The van der Waals surface area contributed by atoms with E-state index in [0.29, 0.717) is 0 Å². The molecule has 0 spiro atoms. The highest BCUT2D eigenvalue weighted by molar-refractivity contribution is 5.45. The van der Waals surface area contributed by atoms with Crippen LogP contribution in [0.3, 0.4) is 0 Å². The van der Waals surface area contributed by atoms with Crippen LogP contribution in [0.25, 0.3) is 12.2 Å². The van der Waals surface area contributed by atoms with E-state index in [1.54, 1.807) is 0 Å². The number of hydrogen-bond acceptors (Lipinski definition) is 1. The van der Waals surface area contributed by atoms with Gasteiger partial charge in [0.2, 0.25) is 0 Å². The van der Waals surface area contributed by atoms with Gasteiger partial charge in [-0.3, -0.25) is 4.98 Å². The molecule has 1 aromatic rings. The molecule has 0 atom stereocenters. The lowest BCUT2D eigenvalue weighted by molar-refractivity contribution is 0.586. The largest absolute Gasteiger partial charge is 0.256 e. The fourth-order valence-corrected chi connectivity index (χ4v) is 1.53. The Morgan fingerprint density at radius 1 is 1.23 bits per heavy atom. The molecule has 2 rings (SSSR count). The highest BCUT2D eigenvalue weighted by Gasteiger charge is 2.13. The second-order valence-corrected chi connectivity index (χ2v) is 4.59. The maximum absolute atomic E-state index is 4.44. The van der Waals surface area contributed by atoms with Gasteiger partial charge in [0.15, 0.2) is 0 Å². The van der Waals surface area contributed by atoms with Crippen molar-refractivity contribution in [1.82, 2.24) is 4.98 Å². The topological polar surface area (TPSA) is 12.9 Å². The van der Waals surface area contributed by atoms with Gasteiger partial charge < -0.3 is 0 Å². The molecule has 1 heteroatoms. The van der Waals surface area contributed by atoms with Crippen LogP contribution in [0.15, 0.2) is 12.3 Å². The third kappa shape index (κ3) is 1.51. The van der Waals surface area contributed by atoms with E-state index in [9.17, 15) is 0 Å². The average molecular weight is 173 g/mol. The lowest BCUT2D eigenvalue weighted by Gasteiger charge is -2.17. The molecule has 68 valence electrons. The zero-order chi connectivity index (χ0) is 9.47. The fourth-order valence-electron chi connectivity index (χ4n) is 1.53. The van der Waals surface area contributed by atoms with Crippen LogP contribution in [0.5, 0.6) is 0 Å². The molecule has 13 heavy (non-hydrogen) atoms. The number of aromatic nitrogens is 1. The monoisotopic (exact) mass is 173 g/mol. The first kappa shape index (κ1) is 8.49. The third-order valence-electron chi connectivity index (χ3n) is 2.46. The maximum Gasteiger partial charge on any atom is 0.0662 e. The molecule has 0 bridgehead atoms. The van der Waals surface area contributed by atoms with Crippen LogP contribution in [-0.2, 0) is 5.41 Å². The summed E-state index contributed by atoms with van der Waals surface area (Å²) in [4.78, 5) is 4.44. The van der Waals surface area contributed by atoms with E-state index in [-0.39, 0.29) is 5.41 Å². The number of hydrogen-bond donors (Lipinski definition) is 0. The van der Waals surface area contributed by atoms with Crippen LogP contribution >= 0.6 is 0 Å². The summed E-state index contributed by atoms with van der Waals surface area (Å²) < 4.78 is 0. The summed E-state index contributed by atoms with van der Waals surface area (Å²) in [5.41, 5.74) is 1.52. The summed E-state index contributed by atoms with van der Waals surface area (Å²) >= 11 is 0. The first-order valence-corrected chi connectivity index (χ1v) is 4.74. The Morgan fingerprint density at radius 2 is 2.00 bits per heavy atom. The van der Waals surface area contributed by atoms with E-state index in [2.05, 4.69) is 44.0 Å². The highest BCUT2D eigenvalue weighted by atomic mass is 14.6. The van der Waals surface area contributed by atoms with Crippen molar-refractivity contribution in [3.63, 3.8) is 0 Å². The summed E-state index contributed by atoms with van der Waals surface area (Å²) in [5, 5.41) is 2.44. The Labute approximate surface area is 78.8 Å². The van der Waals surface area contributed by atoms with E-state index < -0.39 is 0 Å². The van der Waals surface area contributed by atoms with Crippen LogP contribution in [0.4, 0.5) is 0 Å². The van der Waals surface area contributed by atoms with Gasteiger partial charge in [-0.05, 0) is 28.7 Å². The summed E-state index contributed by atoms with van der Waals surface area (Å²) in [6.45, 7) is 6.65. The molecule has 0 N–H and O–H groups in total. The molecule has 1 aliphatic carbocycles. The zero-order valence-electron chi connectivity index (χ0n) is 8.46. The lowest BCUT2D eigenvalue weighted by Crippen LogP contribution is -2.28. The molecule has 0 aromatic carbocycles. The summed E-state index contributed by atoms with van der Waals surface area (Å²) in [5.74, 6) is 0. The van der Waals surface area contributed by atoms with Gasteiger partial charge in [0, 0.05) is 6.20 Å². The summed E-state index contributed by atoms with van der Waals surface area (Å²) in [6.07, 6.45) is 7.43. The second kappa shape index (κ2) is 2.69. The molecule has 1 heterocycles. The van der Waals surface area contributed by atoms with Crippen LogP contribution in [0.2, 0.25) is 0 Å². The number of nitrogens with zero attached hydrogens (tertiary/aromatic N) is 1. The predicted octanol–water partition coefficient (Wildman–Crippen LogP) is 1.34. The summed E-state index contributed by atoms with van der Waals surface area (Å²) in [7, 11) is 0. The molecule has 0 amide bonds. The van der Waals surface area contributed by atoms with E-state index in [1.807, 2.05) is 6.20 Å². The zero-order valence-corrected chi connectivity index (χ0v) is 8.46. The number of rotatable bonds is 0. The van der Waals surface area contributed by atoms with E-state index in [4.69, 9.17) is 0 Å². The molecule has 1 nitrogen and oxygen atoms in total. The van der Waals surface area contributed by atoms with Gasteiger partial charge in [-0.1, -0.05) is 32.9 Å². The van der Waals surface area contributed by atoms with Crippen molar-refractivity contribution in [2.75, 3.05) is 0 Å². The third-order valence-corrected chi connectivity index (χ3v) is 2.46. The first-order valence-electron chi connectivity index (χ1n) is 4.74. The van der Waals surface area contributed by atoms with Crippen LogP contribution in [0.1, 0.15) is 32.8 Å². The van der Waals surface area contributed by atoms with Crippen molar-refractivity contribution < 1.29 is 0 Å². The molecule has 0 unspecified atom stereocenters. The van der Waals surface area contributed by atoms with Crippen molar-refractivity contribution in [2.24, 2.45) is 0 Å². The minimum atomic E-state index is 0.207. The van der Waals surface area contributed by atoms with Crippen molar-refractivity contribution in [2.45, 2.75) is 32.6 Å². The van der Waals surface area contributed by atoms with Gasteiger partial charge >= 0.3 is 0 Å². The molecule has 0 radical (unpaired) electrons. The standard InChI is InChI=1S/C12H15N/c1-12(2,3)10-7-9-5-4-6-11(9)13-8-10/h5-8H,4H2,1-3H3. The van der Waals surface area contributed by atoms with Gasteiger partial charge in [0.1, 0.15) is 0 Å². The summed E-state index contributed by atoms with van der Waals surface area (Å²) in [6, 6.07) is 2.26. The van der Waals surface area contributed by atoms with E-state index >= 15 is 0 Å². The van der Waals surface area contributed by atoms with Crippen LogP contribution in [-0.4, -0.2) is 4.98 Å².